The normalized spacial score (nSPS) is 20.7. The average Bonchev–Trinajstić information content (AvgIpc) is 3.12. The van der Waals surface area contributed by atoms with Crippen LogP contribution in [-0.4, -0.2) is 42.0 Å². The molecule has 2 aromatic rings. The number of terminal acetylenes is 1. The van der Waals surface area contributed by atoms with E-state index >= 15 is 0 Å². The first kappa shape index (κ1) is 18.6. The van der Waals surface area contributed by atoms with Crippen LogP contribution >= 0.6 is 19.4 Å². The minimum absolute atomic E-state index is 0.00568. The fourth-order valence-corrected chi connectivity index (χ4v) is 2.85. The summed E-state index contributed by atoms with van der Waals surface area (Å²) in [6.45, 7) is -0.189. The monoisotopic (exact) mass is 375 g/mol. The van der Waals surface area contributed by atoms with Crippen molar-refractivity contribution in [1.82, 2.24) is 19.5 Å². The van der Waals surface area contributed by atoms with Crippen molar-refractivity contribution in [3.63, 3.8) is 0 Å². The summed E-state index contributed by atoms with van der Waals surface area (Å²) in [4.78, 5) is 29.5. The molecule has 130 valence electrons. The third-order valence-electron chi connectivity index (χ3n) is 3.25. The Morgan fingerprint density at radius 1 is 1.46 bits per heavy atom. The molecule has 2 unspecified atom stereocenters. The van der Waals surface area contributed by atoms with Gasteiger partial charge in [-0.25, -0.2) is 9.55 Å². The molecule has 12 heteroatoms. The largest absolute Gasteiger partial charge is 0.469 e. The summed E-state index contributed by atoms with van der Waals surface area (Å²) < 4.78 is 22.5. The SMILES string of the molecule is C#C.Nc1nc(Cl)nc2c1ncn2C1CCC(COP(=O)(O)O)O1. The van der Waals surface area contributed by atoms with E-state index in [1.807, 2.05) is 0 Å². The van der Waals surface area contributed by atoms with Crippen LogP contribution in [0.2, 0.25) is 5.28 Å². The smallest absolute Gasteiger partial charge is 0.382 e. The van der Waals surface area contributed by atoms with Gasteiger partial charge in [-0.05, 0) is 24.4 Å². The number of phosphoric acid groups is 1. The van der Waals surface area contributed by atoms with Gasteiger partial charge in [0.1, 0.15) is 11.7 Å². The number of rotatable bonds is 4. The molecule has 0 amide bonds. The lowest BCUT2D eigenvalue weighted by molar-refractivity contribution is -0.0205. The molecular weight excluding hydrogens is 361 g/mol. The first-order valence-electron chi connectivity index (χ1n) is 6.68. The second-order valence-corrected chi connectivity index (χ2v) is 6.36. The average molecular weight is 376 g/mol. The van der Waals surface area contributed by atoms with Crippen LogP contribution in [0.4, 0.5) is 5.82 Å². The van der Waals surface area contributed by atoms with Gasteiger partial charge < -0.3 is 20.3 Å². The molecule has 3 heterocycles. The number of nitrogens with two attached hydrogens (primary N) is 1. The highest BCUT2D eigenvalue weighted by Gasteiger charge is 2.30. The molecule has 3 rings (SSSR count). The van der Waals surface area contributed by atoms with E-state index in [9.17, 15) is 4.57 Å². The second-order valence-electron chi connectivity index (χ2n) is 4.78. The molecule has 1 aliphatic heterocycles. The number of halogens is 1. The van der Waals surface area contributed by atoms with Crippen molar-refractivity contribution in [1.29, 1.82) is 0 Å². The third-order valence-corrected chi connectivity index (χ3v) is 3.90. The molecule has 2 atom stereocenters. The minimum Gasteiger partial charge on any atom is -0.382 e. The van der Waals surface area contributed by atoms with Gasteiger partial charge >= 0.3 is 7.82 Å². The number of phosphoric ester groups is 1. The zero-order valence-electron chi connectivity index (χ0n) is 12.3. The third kappa shape index (κ3) is 4.21. The van der Waals surface area contributed by atoms with Gasteiger partial charge in [0.05, 0.1) is 19.0 Å². The lowest BCUT2D eigenvalue weighted by Gasteiger charge is -2.15. The molecule has 0 saturated carbocycles. The summed E-state index contributed by atoms with van der Waals surface area (Å²) in [6, 6.07) is 0. The van der Waals surface area contributed by atoms with Crippen LogP contribution in [0.1, 0.15) is 19.1 Å². The number of imidazole rings is 1. The molecule has 1 aliphatic rings. The molecule has 0 radical (unpaired) electrons. The highest BCUT2D eigenvalue weighted by atomic mass is 35.5. The van der Waals surface area contributed by atoms with E-state index in [1.165, 1.54) is 6.33 Å². The molecule has 1 fully saturated rings. The van der Waals surface area contributed by atoms with E-state index < -0.39 is 13.9 Å². The number of aromatic nitrogens is 4. The van der Waals surface area contributed by atoms with Crippen molar-refractivity contribution in [2.75, 3.05) is 12.3 Å². The van der Waals surface area contributed by atoms with Crippen LogP contribution in [0, 0.1) is 12.8 Å². The standard InChI is InChI=1S/C10H13ClN5O5P.C2H2/c11-10-14-8(12)7-9(15-10)16(4-13-7)6-2-1-5(21-6)3-20-22(17,18)19;1-2/h4-6H,1-3H2,(H2,12,14,15)(H2,17,18,19);1-2H. The van der Waals surface area contributed by atoms with Crippen LogP contribution in [0.25, 0.3) is 11.2 Å². The number of nitrogen functional groups attached to an aromatic ring is 1. The van der Waals surface area contributed by atoms with E-state index in [0.29, 0.717) is 24.0 Å². The summed E-state index contributed by atoms with van der Waals surface area (Å²) in [5.41, 5.74) is 6.60. The van der Waals surface area contributed by atoms with Crippen molar-refractivity contribution in [3.05, 3.63) is 11.6 Å². The molecule has 0 spiro atoms. The predicted molar refractivity (Wildman–Crippen MR) is 85.8 cm³/mol. The summed E-state index contributed by atoms with van der Waals surface area (Å²) in [6.07, 6.45) is 9.90. The van der Waals surface area contributed by atoms with Crippen molar-refractivity contribution >= 4 is 36.4 Å². The van der Waals surface area contributed by atoms with E-state index in [0.717, 1.165) is 0 Å². The summed E-state index contributed by atoms with van der Waals surface area (Å²) in [7, 11) is -4.50. The highest BCUT2D eigenvalue weighted by Crippen LogP contribution is 2.38. The van der Waals surface area contributed by atoms with Gasteiger partial charge in [-0.15, -0.1) is 12.8 Å². The molecule has 2 aromatic heterocycles. The van der Waals surface area contributed by atoms with Gasteiger partial charge in [0.25, 0.3) is 0 Å². The Hall–Kier alpha value is -1.73. The maximum atomic E-state index is 10.7. The maximum absolute atomic E-state index is 10.7. The summed E-state index contributed by atoms with van der Waals surface area (Å²) >= 11 is 5.80. The zero-order valence-corrected chi connectivity index (χ0v) is 14.0. The molecule has 24 heavy (non-hydrogen) atoms. The molecule has 0 aromatic carbocycles. The number of ether oxygens (including phenoxy) is 1. The van der Waals surface area contributed by atoms with Crippen LogP contribution in [0.3, 0.4) is 0 Å². The zero-order chi connectivity index (χ0) is 17.9. The van der Waals surface area contributed by atoms with Gasteiger partial charge in [0, 0.05) is 0 Å². The fourth-order valence-electron chi connectivity index (χ4n) is 2.32. The van der Waals surface area contributed by atoms with Crippen molar-refractivity contribution < 1.29 is 23.6 Å². The van der Waals surface area contributed by atoms with Crippen LogP contribution in [0.15, 0.2) is 6.33 Å². The number of anilines is 1. The lowest BCUT2D eigenvalue weighted by atomic mass is 10.2. The van der Waals surface area contributed by atoms with E-state index in [2.05, 4.69) is 32.3 Å². The first-order valence-corrected chi connectivity index (χ1v) is 8.59. The number of hydrogen-bond donors (Lipinski definition) is 3. The summed E-state index contributed by atoms with van der Waals surface area (Å²) in [5, 5.41) is 0.00568. The Morgan fingerprint density at radius 3 is 2.83 bits per heavy atom. The number of nitrogens with zero attached hydrogens (tertiary/aromatic N) is 4. The molecule has 4 N–H and O–H groups in total. The Bertz CT molecular complexity index is 791. The second kappa shape index (κ2) is 7.44. The summed E-state index contributed by atoms with van der Waals surface area (Å²) in [5.74, 6) is 0.174. The van der Waals surface area contributed by atoms with Gasteiger partial charge in [-0.1, -0.05) is 0 Å². The van der Waals surface area contributed by atoms with Gasteiger partial charge in [0.2, 0.25) is 5.28 Å². The Kier molecular flexibility index (Phi) is 5.77. The minimum atomic E-state index is -4.50. The van der Waals surface area contributed by atoms with Gasteiger partial charge in [-0.2, -0.15) is 9.97 Å². The van der Waals surface area contributed by atoms with Crippen molar-refractivity contribution in [2.24, 2.45) is 0 Å². The fraction of sp³-hybridized carbons (Fsp3) is 0.417. The molecular formula is C12H15ClN5O5P. The first-order chi connectivity index (χ1) is 11.3. The maximum Gasteiger partial charge on any atom is 0.469 e. The van der Waals surface area contributed by atoms with Crippen molar-refractivity contribution in [3.8, 4) is 12.8 Å². The van der Waals surface area contributed by atoms with E-state index in [4.69, 9.17) is 31.9 Å². The van der Waals surface area contributed by atoms with Crippen LogP contribution < -0.4 is 5.73 Å². The Morgan fingerprint density at radius 2 is 2.17 bits per heavy atom. The Labute approximate surface area is 142 Å². The Balaban J connectivity index is 0.00000100. The van der Waals surface area contributed by atoms with Crippen LogP contribution in [-0.2, 0) is 13.8 Å². The number of hydrogen-bond acceptors (Lipinski definition) is 7. The van der Waals surface area contributed by atoms with Gasteiger partial charge in [0.15, 0.2) is 11.5 Å². The molecule has 1 saturated heterocycles. The van der Waals surface area contributed by atoms with E-state index in [-0.39, 0.29) is 23.9 Å². The van der Waals surface area contributed by atoms with Gasteiger partial charge in [-0.3, -0.25) is 9.09 Å². The lowest BCUT2D eigenvalue weighted by Crippen LogP contribution is -2.16. The predicted octanol–water partition coefficient (Wildman–Crippen LogP) is 1.10. The van der Waals surface area contributed by atoms with E-state index in [1.54, 1.807) is 4.57 Å². The molecule has 10 nitrogen and oxygen atoms in total. The quantitative estimate of drug-likeness (QED) is 0.406. The topological polar surface area (TPSA) is 146 Å². The van der Waals surface area contributed by atoms with Crippen LogP contribution in [0.5, 0.6) is 0 Å². The molecule has 0 bridgehead atoms. The van der Waals surface area contributed by atoms with Crippen molar-refractivity contribution in [2.45, 2.75) is 25.2 Å². The molecule has 0 aliphatic carbocycles. The number of fused-ring (bicyclic) bond motifs is 1. The highest BCUT2D eigenvalue weighted by molar-refractivity contribution is 7.46.